The maximum Gasteiger partial charge on any atom is 0.147 e. The van der Waals surface area contributed by atoms with Gasteiger partial charge in [-0.2, -0.15) is 0 Å². The number of benzene rings is 1. The predicted octanol–water partition coefficient (Wildman–Crippen LogP) is 4.33. The van der Waals surface area contributed by atoms with Gasteiger partial charge in [0.2, 0.25) is 0 Å². The highest BCUT2D eigenvalue weighted by molar-refractivity contribution is 6.20. The van der Waals surface area contributed by atoms with Gasteiger partial charge in [-0.15, -0.1) is 11.6 Å². The molecule has 0 spiro atoms. The SMILES string of the molecule is CCOCC(C)n1c(C(C)Cl)nc2c(OCC)cccc21. The number of nitrogens with zero attached hydrogens (tertiary/aromatic N) is 2. The van der Waals surface area contributed by atoms with Crippen LogP contribution in [0.15, 0.2) is 18.2 Å². The summed E-state index contributed by atoms with van der Waals surface area (Å²) in [6.07, 6.45) is 0. The number of rotatable bonds is 7. The van der Waals surface area contributed by atoms with Crippen molar-refractivity contribution in [3.8, 4) is 5.75 Å². The second-order valence-electron chi connectivity index (χ2n) is 5.02. The second kappa shape index (κ2) is 7.14. The Hall–Kier alpha value is -1.26. The lowest BCUT2D eigenvalue weighted by molar-refractivity contribution is 0.119. The Morgan fingerprint density at radius 2 is 2.00 bits per heavy atom. The van der Waals surface area contributed by atoms with Gasteiger partial charge in [0.15, 0.2) is 0 Å². The summed E-state index contributed by atoms with van der Waals surface area (Å²) in [4.78, 5) is 4.71. The molecule has 0 saturated carbocycles. The minimum absolute atomic E-state index is 0.169. The van der Waals surface area contributed by atoms with E-state index in [2.05, 4.69) is 17.6 Å². The Morgan fingerprint density at radius 3 is 2.62 bits per heavy atom. The van der Waals surface area contributed by atoms with E-state index >= 15 is 0 Å². The van der Waals surface area contributed by atoms with Gasteiger partial charge >= 0.3 is 0 Å². The molecule has 0 radical (unpaired) electrons. The first-order valence-electron chi connectivity index (χ1n) is 7.45. The highest BCUT2D eigenvalue weighted by Crippen LogP contribution is 2.32. The van der Waals surface area contributed by atoms with E-state index in [0.29, 0.717) is 19.8 Å². The molecule has 0 aliphatic carbocycles. The zero-order chi connectivity index (χ0) is 15.4. The maximum absolute atomic E-state index is 6.32. The molecule has 5 heteroatoms. The van der Waals surface area contributed by atoms with Crippen LogP contribution in [0, 0.1) is 0 Å². The minimum atomic E-state index is -0.170. The number of imidazole rings is 1. The third-order valence-corrected chi connectivity index (χ3v) is 3.57. The number of aromatic nitrogens is 2. The molecule has 0 N–H and O–H groups in total. The van der Waals surface area contributed by atoms with Crippen molar-refractivity contribution >= 4 is 22.6 Å². The van der Waals surface area contributed by atoms with Crippen molar-refractivity contribution in [2.45, 2.75) is 39.1 Å². The molecule has 0 aliphatic rings. The van der Waals surface area contributed by atoms with Crippen molar-refractivity contribution in [2.75, 3.05) is 19.8 Å². The van der Waals surface area contributed by atoms with Crippen LogP contribution in [0.4, 0.5) is 0 Å². The number of alkyl halides is 1. The summed E-state index contributed by atoms with van der Waals surface area (Å²) in [5, 5.41) is -0.170. The van der Waals surface area contributed by atoms with Crippen LogP contribution < -0.4 is 4.74 Å². The third kappa shape index (κ3) is 3.33. The van der Waals surface area contributed by atoms with Crippen LogP contribution in [0.1, 0.15) is 44.9 Å². The van der Waals surface area contributed by atoms with Crippen molar-refractivity contribution < 1.29 is 9.47 Å². The zero-order valence-corrected chi connectivity index (χ0v) is 13.9. The van der Waals surface area contributed by atoms with Gasteiger partial charge in [-0.1, -0.05) is 6.07 Å². The van der Waals surface area contributed by atoms with E-state index in [1.165, 1.54) is 0 Å². The van der Waals surface area contributed by atoms with Crippen LogP contribution in [0.25, 0.3) is 11.0 Å². The summed E-state index contributed by atoms with van der Waals surface area (Å²) in [6, 6.07) is 6.15. The van der Waals surface area contributed by atoms with E-state index in [9.17, 15) is 0 Å². The Bertz CT molecular complexity index is 595. The fourth-order valence-electron chi connectivity index (χ4n) is 2.49. The summed E-state index contributed by atoms with van der Waals surface area (Å²) in [5.74, 6) is 1.65. The van der Waals surface area contributed by atoms with E-state index in [4.69, 9.17) is 26.1 Å². The van der Waals surface area contributed by atoms with Crippen LogP contribution >= 0.6 is 11.6 Å². The number of para-hydroxylation sites is 1. The van der Waals surface area contributed by atoms with Crippen molar-refractivity contribution in [3.05, 3.63) is 24.0 Å². The molecule has 21 heavy (non-hydrogen) atoms. The zero-order valence-electron chi connectivity index (χ0n) is 13.1. The molecule has 2 atom stereocenters. The third-order valence-electron chi connectivity index (χ3n) is 3.37. The van der Waals surface area contributed by atoms with Gasteiger partial charge in [-0.3, -0.25) is 0 Å². The fourth-order valence-corrected chi connectivity index (χ4v) is 2.64. The van der Waals surface area contributed by atoms with Crippen LogP contribution in [0.5, 0.6) is 5.75 Å². The summed E-state index contributed by atoms with van der Waals surface area (Å²) in [6.45, 7) is 9.98. The predicted molar refractivity (Wildman–Crippen MR) is 86.4 cm³/mol. The summed E-state index contributed by atoms with van der Waals surface area (Å²) in [5.41, 5.74) is 1.90. The van der Waals surface area contributed by atoms with Gasteiger partial charge in [0.1, 0.15) is 17.1 Å². The van der Waals surface area contributed by atoms with Gasteiger partial charge < -0.3 is 14.0 Å². The van der Waals surface area contributed by atoms with Crippen LogP contribution in [0.3, 0.4) is 0 Å². The molecule has 2 rings (SSSR count). The van der Waals surface area contributed by atoms with Gasteiger partial charge in [-0.25, -0.2) is 4.98 Å². The molecule has 1 aromatic heterocycles. The van der Waals surface area contributed by atoms with E-state index in [-0.39, 0.29) is 11.4 Å². The van der Waals surface area contributed by atoms with Gasteiger partial charge in [-0.05, 0) is 39.8 Å². The monoisotopic (exact) mass is 310 g/mol. The van der Waals surface area contributed by atoms with E-state index in [1.807, 2.05) is 32.9 Å². The van der Waals surface area contributed by atoms with Crippen molar-refractivity contribution in [1.82, 2.24) is 9.55 Å². The average Bonchev–Trinajstić information content (AvgIpc) is 2.86. The quantitative estimate of drug-likeness (QED) is 0.714. The van der Waals surface area contributed by atoms with Gasteiger partial charge in [0.05, 0.1) is 30.1 Å². The second-order valence-corrected chi connectivity index (χ2v) is 5.68. The first-order valence-corrected chi connectivity index (χ1v) is 7.89. The minimum Gasteiger partial charge on any atom is -0.492 e. The lowest BCUT2D eigenvalue weighted by Gasteiger charge is -2.18. The highest BCUT2D eigenvalue weighted by atomic mass is 35.5. The Morgan fingerprint density at radius 1 is 1.24 bits per heavy atom. The molecular weight excluding hydrogens is 288 g/mol. The number of halogens is 1. The maximum atomic E-state index is 6.32. The van der Waals surface area contributed by atoms with Gasteiger partial charge in [0.25, 0.3) is 0 Å². The largest absolute Gasteiger partial charge is 0.492 e. The lowest BCUT2D eigenvalue weighted by atomic mass is 10.2. The van der Waals surface area contributed by atoms with Crippen LogP contribution in [0.2, 0.25) is 0 Å². The first kappa shape index (κ1) is 16.1. The molecule has 4 nitrogen and oxygen atoms in total. The number of fused-ring (bicyclic) bond motifs is 1. The van der Waals surface area contributed by atoms with Crippen LogP contribution in [-0.2, 0) is 4.74 Å². The molecular formula is C16H23ClN2O2. The molecule has 0 bridgehead atoms. The Kier molecular flexibility index (Phi) is 5.48. The Balaban J connectivity index is 2.55. The molecule has 0 aliphatic heterocycles. The normalized spacial score (nSPS) is 14.3. The number of hydrogen-bond acceptors (Lipinski definition) is 3. The van der Waals surface area contributed by atoms with Crippen molar-refractivity contribution in [3.63, 3.8) is 0 Å². The molecule has 0 amide bonds. The van der Waals surface area contributed by atoms with Crippen molar-refractivity contribution in [2.24, 2.45) is 0 Å². The van der Waals surface area contributed by atoms with E-state index < -0.39 is 0 Å². The summed E-state index contributed by atoms with van der Waals surface area (Å²) >= 11 is 6.32. The highest BCUT2D eigenvalue weighted by Gasteiger charge is 2.21. The van der Waals surface area contributed by atoms with E-state index in [0.717, 1.165) is 22.6 Å². The molecule has 2 aromatic rings. The Labute approximate surface area is 131 Å². The smallest absolute Gasteiger partial charge is 0.147 e. The summed E-state index contributed by atoms with van der Waals surface area (Å²) in [7, 11) is 0. The number of hydrogen-bond donors (Lipinski definition) is 0. The molecule has 116 valence electrons. The number of ether oxygens (including phenoxy) is 2. The van der Waals surface area contributed by atoms with Crippen molar-refractivity contribution in [1.29, 1.82) is 0 Å². The summed E-state index contributed by atoms with van der Waals surface area (Å²) < 4.78 is 13.4. The van der Waals surface area contributed by atoms with E-state index in [1.54, 1.807) is 0 Å². The molecule has 1 heterocycles. The topological polar surface area (TPSA) is 36.3 Å². The molecule has 1 aromatic carbocycles. The van der Waals surface area contributed by atoms with Crippen LogP contribution in [-0.4, -0.2) is 29.4 Å². The molecule has 2 unspecified atom stereocenters. The molecule has 0 fully saturated rings. The fraction of sp³-hybridized carbons (Fsp3) is 0.562. The lowest BCUT2D eigenvalue weighted by Crippen LogP contribution is -2.15. The standard InChI is InChI=1S/C16H23ClN2O2/c1-5-20-10-11(3)19-13-8-7-9-14(21-6-2)15(13)18-16(19)12(4)17/h7-9,11-12H,5-6,10H2,1-4H3. The average molecular weight is 311 g/mol. The first-order chi connectivity index (χ1) is 10.1. The van der Waals surface area contributed by atoms with Gasteiger partial charge in [0, 0.05) is 6.61 Å². The molecule has 0 saturated heterocycles.